The van der Waals surface area contributed by atoms with E-state index in [2.05, 4.69) is 30.7 Å². The van der Waals surface area contributed by atoms with E-state index in [1.165, 1.54) is 5.56 Å². The van der Waals surface area contributed by atoms with Gasteiger partial charge < -0.3 is 14.5 Å². The number of likely N-dealkylation sites (tertiary alicyclic amines) is 1. The lowest BCUT2D eigenvalue weighted by molar-refractivity contribution is 0.0652. The van der Waals surface area contributed by atoms with E-state index in [1.807, 2.05) is 34.1 Å². The summed E-state index contributed by atoms with van der Waals surface area (Å²) in [7, 11) is 0. The number of rotatable bonds is 3. The molecule has 1 N–H and O–H groups in total. The minimum Gasteiger partial charge on any atom is -0.345 e. The molecule has 25 heavy (non-hydrogen) atoms. The van der Waals surface area contributed by atoms with Crippen LogP contribution in [-0.2, 0) is 6.42 Å². The predicted molar refractivity (Wildman–Crippen MR) is 96.9 cm³/mol. The number of H-pyrrole nitrogens is 1. The Morgan fingerprint density at radius 2 is 2.12 bits per heavy atom. The average molecular weight is 337 g/mol. The van der Waals surface area contributed by atoms with Crippen LogP contribution in [0.1, 0.15) is 43.1 Å². The largest absolute Gasteiger partial charge is 0.345 e. The molecule has 130 valence electrons. The Morgan fingerprint density at radius 3 is 2.80 bits per heavy atom. The summed E-state index contributed by atoms with van der Waals surface area (Å²) in [6.07, 6.45) is 9.46. The first kappa shape index (κ1) is 15.9. The molecule has 0 bridgehead atoms. The van der Waals surface area contributed by atoms with Crippen LogP contribution < -0.4 is 0 Å². The monoisotopic (exact) mass is 337 g/mol. The lowest BCUT2D eigenvalue weighted by Crippen LogP contribution is -2.41. The number of carbonyl (C=O) groups is 1. The van der Waals surface area contributed by atoms with Crippen molar-refractivity contribution < 1.29 is 4.79 Å². The van der Waals surface area contributed by atoms with E-state index >= 15 is 0 Å². The van der Waals surface area contributed by atoms with Crippen LogP contribution >= 0.6 is 0 Å². The summed E-state index contributed by atoms with van der Waals surface area (Å²) >= 11 is 0. The number of nitrogens with zero attached hydrogens (tertiary/aromatic N) is 4. The fraction of sp³-hybridized carbons (Fsp3) is 0.421. The molecule has 4 rings (SSSR count). The van der Waals surface area contributed by atoms with E-state index in [1.54, 1.807) is 6.20 Å². The molecular weight excluding hydrogens is 314 g/mol. The quantitative estimate of drug-likeness (QED) is 0.798. The zero-order chi connectivity index (χ0) is 17.6. The second-order valence-electron chi connectivity index (χ2n) is 7.93. The summed E-state index contributed by atoms with van der Waals surface area (Å²) in [6, 6.07) is 1.85. The van der Waals surface area contributed by atoms with Crippen molar-refractivity contribution in [3.8, 4) is 5.82 Å². The van der Waals surface area contributed by atoms with E-state index in [0.29, 0.717) is 5.56 Å². The Morgan fingerprint density at radius 1 is 1.32 bits per heavy atom. The Hall–Kier alpha value is -2.63. The number of aromatic amines is 1. The van der Waals surface area contributed by atoms with E-state index in [0.717, 1.165) is 42.9 Å². The van der Waals surface area contributed by atoms with Gasteiger partial charge in [0.2, 0.25) is 0 Å². The summed E-state index contributed by atoms with van der Waals surface area (Å²) in [6.45, 7) is 8.35. The van der Waals surface area contributed by atoms with Crippen LogP contribution in [0.15, 0.2) is 30.9 Å². The van der Waals surface area contributed by atoms with Gasteiger partial charge in [-0.25, -0.2) is 9.97 Å². The number of hydrogen-bond acceptors (Lipinski definition) is 3. The third kappa shape index (κ3) is 3.04. The van der Waals surface area contributed by atoms with Crippen LogP contribution in [0.4, 0.5) is 0 Å². The summed E-state index contributed by atoms with van der Waals surface area (Å²) in [5.41, 5.74) is 3.74. The molecule has 1 fully saturated rings. The smallest absolute Gasteiger partial charge is 0.255 e. The van der Waals surface area contributed by atoms with Crippen molar-refractivity contribution in [2.24, 2.45) is 5.41 Å². The minimum atomic E-state index is 0.0918. The highest BCUT2D eigenvalue weighted by Crippen LogP contribution is 2.25. The first-order chi connectivity index (χ1) is 11.9. The Labute approximate surface area is 146 Å². The standard InChI is InChI=1S/C19H23N5O/c1-19(2,3)9-14-10-20-17-16(14)22-15(11-21-17)24-8-5-13(12-24)18(25)23-6-4-7-23/h5,8,10-12H,4,6-7,9H2,1-3H3,(H,20,21). The van der Waals surface area contributed by atoms with Gasteiger partial charge in [0.1, 0.15) is 5.52 Å². The molecule has 0 atom stereocenters. The number of amides is 1. The van der Waals surface area contributed by atoms with Crippen LogP contribution in [0.3, 0.4) is 0 Å². The third-order valence-corrected chi connectivity index (χ3v) is 4.52. The average Bonchev–Trinajstić information content (AvgIpc) is 3.11. The van der Waals surface area contributed by atoms with Crippen LogP contribution in [0.2, 0.25) is 0 Å². The molecule has 1 aliphatic rings. The van der Waals surface area contributed by atoms with Gasteiger partial charge in [-0.2, -0.15) is 0 Å². The molecule has 1 saturated heterocycles. The minimum absolute atomic E-state index is 0.0918. The predicted octanol–water partition coefficient (Wildman–Crippen LogP) is 3.18. The van der Waals surface area contributed by atoms with Crippen LogP contribution in [-0.4, -0.2) is 43.4 Å². The first-order valence-electron chi connectivity index (χ1n) is 8.71. The molecular formula is C19H23N5O. The van der Waals surface area contributed by atoms with Gasteiger partial charge >= 0.3 is 0 Å². The molecule has 3 aromatic heterocycles. The molecule has 0 aromatic carbocycles. The van der Waals surface area contributed by atoms with E-state index in [4.69, 9.17) is 4.98 Å². The molecule has 0 spiro atoms. The van der Waals surface area contributed by atoms with Gasteiger partial charge in [-0.15, -0.1) is 0 Å². The highest BCUT2D eigenvalue weighted by atomic mass is 16.2. The summed E-state index contributed by atoms with van der Waals surface area (Å²) in [5.74, 6) is 0.819. The van der Waals surface area contributed by atoms with Crippen LogP contribution in [0.5, 0.6) is 0 Å². The molecule has 0 unspecified atom stereocenters. The van der Waals surface area contributed by atoms with Crippen molar-refractivity contribution in [3.63, 3.8) is 0 Å². The van der Waals surface area contributed by atoms with Gasteiger partial charge in [-0.05, 0) is 29.9 Å². The Balaban J connectivity index is 1.66. The molecule has 3 aromatic rings. The molecule has 0 radical (unpaired) electrons. The maximum absolute atomic E-state index is 12.3. The maximum Gasteiger partial charge on any atom is 0.255 e. The second kappa shape index (κ2) is 5.72. The van der Waals surface area contributed by atoms with E-state index < -0.39 is 0 Å². The van der Waals surface area contributed by atoms with Crippen molar-refractivity contribution >= 4 is 17.1 Å². The van der Waals surface area contributed by atoms with Crippen molar-refractivity contribution in [2.45, 2.75) is 33.6 Å². The summed E-state index contributed by atoms with van der Waals surface area (Å²) in [4.78, 5) is 26.7. The normalized spacial score (nSPS) is 14.8. The topological polar surface area (TPSA) is 66.8 Å². The number of nitrogens with one attached hydrogen (secondary N) is 1. The summed E-state index contributed by atoms with van der Waals surface area (Å²) < 4.78 is 1.87. The fourth-order valence-corrected chi connectivity index (χ4v) is 3.13. The van der Waals surface area contributed by atoms with Crippen molar-refractivity contribution in [1.29, 1.82) is 0 Å². The molecule has 6 heteroatoms. The van der Waals surface area contributed by atoms with Crippen molar-refractivity contribution in [2.75, 3.05) is 13.1 Å². The first-order valence-corrected chi connectivity index (χ1v) is 8.71. The fourth-order valence-electron chi connectivity index (χ4n) is 3.13. The molecule has 6 nitrogen and oxygen atoms in total. The highest BCUT2D eigenvalue weighted by molar-refractivity contribution is 5.94. The van der Waals surface area contributed by atoms with Gasteiger partial charge in [-0.1, -0.05) is 20.8 Å². The zero-order valence-electron chi connectivity index (χ0n) is 14.9. The SMILES string of the molecule is CC(C)(C)Cc1c[nH]c2ncc(-n3ccc(C(=O)N4CCC4)c3)nc12. The molecule has 0 saturated carbocycles. The number of carbonyl (C=O) groups excluding carboxylic acids is 1. The Kier molecular flexibility index (Phi) is 3.63. The number of fused-ring (bicyclic) bond motifs is 1. The zero-order valence-corrected chi connectivity index (χ0v) is 14.9. The summed E-state index contributed by atoms with van der Waals surface area (Å²) in [5, 5.41) is 0. The number of hydrogen-bond donors (Lipinski definition) is 1. The lowest BCUT2D eigenvalue weighted by atomic mass is 9.89. The van der Waals surface area contributed by atoms with Crippen molar-refractivity contribution in [3.05, 3.63) is 42.0 Å². The van der Waals surface area contributed by atoms with Gasteiger partial charge in [0.25, 0.3) is 5.91 Å². The Bertz CT molecular complexity index is 927. The molecule has 1 amide bonds. The maximum atomic E-state index is 12.3. The van der Waals surface area contributed by atoms with Gasteiger partial charge in [-0.3, -0.25) is 4.79 Å². The van der Waals surface area contributed by atoms with E-state index in [9.17, 15) is 4.79 Å². The van der Waals surface area contributed by atoms with Gasteiger partial charge in [0, 0.05) is 31.7 Å². The third-order valence-electron chi connectivity index (χ3n) is 4.52. The molecule has 1 aliphatic heterocycles. The highest BCUT2D eigenvalue weighted by Gasteiger charge is 2.22. The number of aromatic nitrogens is 4. The molecule has 0 aliphatic carbocycles. The van der Waals surface area contributed by atoms with Gasteiger partial charge in [0.15, 0.2) is 11.5 Å². The van der Waals surface area contributed by atoms with Crippen LogP contribution in [0, 0.1) is 5.41 Å². The molecule has 4 heterocycles. The van der Waals surface area contributed by atoms with Gasteiger partial charge in [0.05, 0.1) is 11.8 Å². The second-order valence-corrected chi connectivity index (χ2v) is 7.93. The van der Waals surface area contributed by atoms with E-state index in [-0.39, 0.29) is 11.3 Å². The van der Waals surface area contributed by atoms with Crippen LogP contribution in [0.25, 0.3) is 17.0 Å². The van der Waals surface area contributed by atoms with Crippen molar-refractivity contribution in [1.82, 2.24) is 24.4 Å². The lowest BCUT2D eigenvalue weighted by Gasteiger charge is -2.30.